The van der Waals surface area contributed by atoms with Crippen molar-refractivity contribution < 1.29 is 9.59 Å². The van der Waals surface area contributed by atoms with Gasteiger partial charge in [0.15, 0.2) is 0 Å². The van der Waals surface area contributed by atoms with Crippen molar-refractivity contribution in [3.05, 3.63) is 53.1 Å². The SMILES string of the molecule is Cc1cccc(C)c1NC(=O)Nc1ccc(N2CCCC2)c(C(=O)NC2CCCCC2)c1. The number of aryl methyl sites for hydroxylation is 2. The van der Waals surface area contributed by atoms with Crippen molar-refractivity contribution in [2.24, 2.45) is 0 Å². The van der Waals surface area contributed by atoms with Gasteiger partial charge in [-0.25, -0.2) is 4.79 Å². The molecule has 1 heterocycles. The van der Waals surface area contributed by atoms with E-state index in [2.05, 4.69) is 20.9 Å². The first-order valence-electron chi connectivity index (χ1n) is 11.9. The average Bonchev–Trinajstić information content (AvgIpc) is 3.32. The van der Waals surface area contributed by atoms with Gasteiger partial charge in [0.1, 0.15) is 0 Å². The van der Waals surface area contributed by atoms with Gasteiger partial charge in [-0.15, -0.1) is 0 Å². The highest BCUT2D eigenvalue weighted by Gasteiger charge is 2.23. The third kappa shape index (κ3) is 5.23. The number of urea groups is 1. The van der Waals surface area contributed by atoms with Crippen molar-refractivity contribution in [1.29, 1.82) is 0 Å². The second kappa shape index (κ2) is 10.1. The van der Waals surface area contributed by atoms with Crippen molar-refractivity contribution in [2.75, 3.05) is 28.6 Å². The summed E-state index contributed by atoms with van der Waals surface area (Å²) >= 11 is 0. The Morgan fingerprint density at radius 1 is 0.875 bits per heavy atom. The highest BCUT2D eigenvalue weighted by molar-refractivity contribution is 6.04. The number of carbonyl (C=O) groups is 2. The van der Waals surface area contributed by atoms with E-state index < -0.39 is 0 Å². The number of nitrogens with zero attached hydrogens (tertiary/aromatic N) is 1. The summed E-state index contributed by atoms with van der Waals surface area (Å²) in [5, 5.41) is 9.10. The summed E-state index contributed by atoms with van der Waals surface area (Å²) < 4.78 is 0. The number of carbonyl (C=O) groups excluding carboxylic acids is 2. The number of amides is 3. The molecule has 4 rings (SSSR count). The van der Waals surface area contributed by atoms with Crippen LogP contribution >= 0.6 is 0 Å². The number of hydrogen-bond donors (Lipinski definition) is 3. The Labute approximate surface area is 190 Å². The van der Waals surface area contributed by atoms with Gasteiger partial charge >= 0.3 is 6.03 Å². The second-order valence-electron chi connectivity index (χ2n) is 9.08. The number of para-hydroxylation sites is 1. The van der Waals surface area contributed by atoms with Crippen LogP contribution in [0.15, 0.2) is 36.4 Å². The van der Waals surface area contributed by atoms with Crippen LogP contribution in [-0.4, -0.2) is 31.1 Å². The van der Waals surface area contributed by atoms with Gasteiger partial charge in [-0.05, 0) is 68.9 Å². The summed E-state index contributed by atoms with van der Waals surface area (Å²) in [4.78, 5) is 28.2. The Kier molecular flexibility index (Phi) is 6.98. The van der Waals surface area contributed by atoms with Gasteiger partial charge in [0.05, 0.1) is 5.56 Å². The highest BCUT2D eigenvalue weighted by Crippen LogP contribution is 2.29. The van der Waals surface area contributed by atoms with Crippen molar-refractivity contribution in [3.8, 4) is 0 Å². The van der Waals surface area contributed by atoms with Crippen LogP contribution in [0.25, 0.3) is 0 Å². The van der Waals surface area contributed by atoms with E-state index in [9.17, 15) is 9.59 Å². The van der Waals surface area contributed by atoms with Gasteiger partial charge in [-0.2, -0.15) is 0 Å². The lowest BCUT2D eigenvalue weighted by molar-refractivity contribution is 0.0928. The topological polar surface area (TPSA) is 73.5 Å². The Balaban J connectivity index is 1.52. The first-order valence-corrected chi connectivity index (χ1v) is 11.9. The molecule has 2 aromatic rings. The molecular formula is C26H34N4O2. The van der Waals surface area contributed by atoms with Gasteiger partial charge in [0, 0.05) is 36.2 Å². The quantitative estimate of drug-likeness (QED) is 0.573. The molecule has 6 nitrogen and oxygen atoms in total. The van der Waals surface area contributed by atoms with Crippen molar-refractivity contribution in [2.45, 2.75) is 64.8 Å². The minimum atomic E-state index is -0.310. The molecule has 1 saturated carbocycles. The van der Waals surface area contributed by atoms with Crippen LogP contribution in [-0.2, 0) is 0 Å². The van der Waals surface area contributed by atoms with Crippen LogP contribution in [0.1, 0.15) is 66.4 Å². The summed E-state index contributed by atoms with van der Waals surface area (Å²) in [6, 6.07) is 11.5. The molecule has 1 aliphatic heterocycles. The maximum Gasteiger partial charge on any atom is 0.323 e. The van der Waals surface area contributed by atoms with Gasteiger partial charge in [0.2, 0.25) is 0 Å². The number of nitrogens with one attached hydrogen (secondary N) is 3. The molecule has 1 saturated heterocycles. The van der Waals surface area contributed by atoms with E-state index in [1.165, 1.54) is 19.3 Å². The summed E-state index contributed by atoms with van der Waals surface area (Å²) in [6.07, 6.45) is 7.96. The predicted octanol–water partition coefficient (Wildman–Crippen LogP) is 5.61. The zero-order valence-electron chi connectivity index (χ0n) is 19.2. The summed E-state index contributed by atoms with van der Waals surface area (Å²) in [7, 11) is 0. The minimum absolute atomic E-state index is 0.0439. The largest absolute Gasteiger partial charge is 0.371 e. The molecule has 0 bridgehead atoms. The van der Waals surface area contributed by atoms with Crippen LogP contribution < -0.4 is 20.9 Å². The standard InChI is InChI=1S/C26H34N4O2/c1-18-9-8-10-19(2)24(18)29-26(32)28-21-13-14-23(30-15-6-7-16-30)22(17-21)25(31)27-20-11-4-3-5-12-20/h8-10,13-14,17,20H,3-7,11-12,15-16H2,1-2H3,(H,27,31)(H2,28,29,32). The molecule has 0 atom stereocenters. The Morgan fingerprint density at radius 3 is 2.25 bits per heavy atom. The van der Waals surface area contributed by atoms with Gasteiger partial charge < -0.3 is 20.9 Å². The Bertz CT molecular complexity index is 956. The summed E-state index contributed by atoms with van der Waals surface area (Å²) in [5.74, 6) is -0.0439. The fourth-order valence-electron chi connectivity index (χ4n) is 4.83. The lowest BCUT2D eigenvalue weighted by Gasteiger charge is -2.26. The van der Waals surface area contributed by atoms with Crippen LogP contribution in [0.4, 0.5) is 21.9 Å². The fourth-order valence-corrected chi connectivity index (χ4v) is 4.83. The Morgan fingerprint density at radius 2 is 1.56 bits per heavy atom. The molecule has 3 N–H and O–H groups in total. The van der Waals surface area contributed by atoms with E-state index in [0.717, 1.165) is 61.3 Å². The van der Waals surface area contributed by atoms with E-state index >= 15 is 0 Å². The van der Waals surface area contributed by atoms with E-state index in [1.807, 2.05) is 50.2 Å². The molecule has 32 heavy (non-hydrogen) atoms. The highest BCUT2D eigenvalue weighted by atomic mass is 16.2. The molecule has 3 amide bonds. The summed E-state index contributed by atoms with van der Waals surface area (Å²) in [6.45, 7) is 5.87. The van der Waals surface area contributed by atoms with E-state index in [0.29, 0.717) is 11.3 Å². The van der Waals surface area contributed by atoms with Gasteiger partial charge in [-0.1, -0.05) is 37.5 Å². The van der Waals surface area contributed by atoms with E-state index in [1.54, 1.807) is 0 Å². The second-order valence-corrected chi connectivity index (χ2v) is 9.08. The van der Waals surface area contributed by atoms with Crippen molar-refractivity contribution >= 4 is 29.0 Å². The zero-order valence-corrected chi connectivity index (χ0v) is 19.2. The minimum Gasteiger partial charge on any atom is -0.371 e. The Hall–Kier alpha value is -3.02. The lowest BCUT2D eigenvalue weighted by Crippen LogP contribution is -2.37. The third-order valence-electron chi connectivity index (χ3n) is 6.61. The zero-order chi connectivity index (χ0) is 22.5. The number of rotatable bonds is 5. The first kappa shape index (κ1) is 22.2. The third-order valence-corrected chi connectivity index (χ3v) is 6.61. The van der Waals surface area contributed by atoms with Crippen molar-refractivity contribution in [1.82, 2.24) is 5.32 Å². The maximum absolute atomic E-state index is 13.2. The molecule has 0 radical (unpaired) electrons. The van der Waals surface area contributed by atoms with Gasteiger partial charge in [-0.3, -0.25) is 4.79 Å². The molecular weight excluding hydrogens is 400 g/mol. The molecule has 2 aromatic carbocycles. The maximum atomic E-state index is 13.2. The molecule has 170 valence electrons. The fraction of sp³-hybridized carbons (Fsp3) is 0.462. The van der Waals surface area contributed by atoms with Crippen LogP contribution in [0.5, 0.6) is 0 Å². The smallest absolute Gasteiger partial charge is 0.323 e. The molecule has 2 aliphatic rings. The van der Waals surface area contributed by atoms with Crippen molar-refractivity contribution in [3.63, 3.8) is 0 Å². The lowest BCUT2D eigenvalue weighted by atomic mass is 9.95. The molecule has 0 unspecified atom stereocenters. The van der Waals surface area contributed by atoms with Gasteiger partial charge in [0.25, 0.3) is 5.91 Å². The normalized spacial score (nSPS) is 16.6. The first-order chi connectivity index (χ1) is 15.5. The monoisotopic (exact) mass is 434 g/mol. The average molecular weight is 435 g/mol. The molecule has 0 spiro atoms. The van der Waals surface area contributed by atoms with E-state index in [-0.39, 0.29) is 18.0 Å². The predicted molar refractivity (Wildman–Crippen MR) is 131 cm³/mol. The summed E-state index contributed by atoms with van der Waals surface area (Å²) in [5.41, 5.74) is 5.05. The number of hydrogen-bond acceptors (Lipinski definition) is 3. The van der Waals surface area contributed by atoms with Crippen LogP contribution in [0, 0.1) is 13.8 Å². The number of benzene rings is 2. The molecule has 1 aliphatic carbocycles. The van der Waals surface area contributed by atoms with Crippen LogP contribution in [0.3, 0.4) is 0 Å². The molecule has 6 heteroatoms. The number of anilines is 3. The van der Waals surface area contributed by atoms with Crippen LogP contribution in [0.2, 0.25) is 0 Å². The van der Waals surface area contributed by atoms with E-state index in [4.69, 9.17) is 0 Å². The molecule has 2 fully saturated rings. The molecule has 0 aromatic heterocycles.